The standard InChI is InChI=1S/C15H24N4O2/c1-4-11-5-6-19(12(8-11)9-16)13-7-10(2)17-14(18-13)15(20)21-3/h7,11-12H,4-6,8-9,16H2,1-3H3. The summed E-state index contributed by atoms with van der Waals surface area (Å²) in [6.07, 6.45) is 3.38. The first kappa shape index (κ1) is 15.7. The second kappa shape index (κ2) is 6.85. The van der Waals surface area contributed by atoms with Gasteiger partial charge in [0, 0.05) is 30.9 Å². The molecule has 6 nitrogen and oxygen atoms in total. The molecule has 2 N–H and O–H groups in total. The molecule has 0 radical (unpaired) electrons. The van der Waals surface area contributed by atoms with E-state index in [4.69, 9.17) is 10.5 Å². The number of carbonyl (C=O) groups excluding carboxylic acids is 1. The van der Waals surface area contributed by atoms with Crippen molar-refractivity contribution in [3.8, 4) is 0 Å². The molecule has 21 heavy (non-hydrogen) atoms. The van der Waals surface area contributed by atoms with Gasteiger partial charge in [-0.2, -0.15) is 0 Å². The molecule has 1 aliphatic rings. The van der Waals surface area contributed by atoms with Gasteiger partial charge in [0.25, 0.3) is 0 Å². The lowest BCUT2D eigenvalue weighted by Crippen LogP contribution is -2.47. The van der Waals surface area contributed by atoms with Crippen molar-refractivity contribution in [3.63, 3.8) is 0 Å². The lowest BCUT2D eigenvalue weighted by atomic mass is 9.89. The fourth-order valence-corrected chi connectivity index (χ4v) is 2.91. The summed E-state index contributed by atoms with van der Waals surface area (Å²) < 4.78 is 4.71. The van der Waals surface area contributed by atoms with Gasteiger partial charge in [0.15, 0.2) is 0 Å². The van der Waals surface area contributed by atoms with E-state index in [0.717, 1.165) is 36.8 Å². The van der Waals surface area contributed by atoms with Crippen LogP contribution in [-0.4, -0.2) is 42.2 Å². The predicted molar refractivity (Wildman–Crippen MR) is 81.3 cm³/mol. The second-order valence-corrected chi connectivity index (χ2v) is 5.56. The highest BCUT2D eigenvalue weighted by atomic mass is 16.5. The van der Waals surface area contributed by atoms with Crippen molar-refractivity contribution in [2.75, 3.05) is 25.1 Å². The Bertz CT molecular complexity index is 506. The van der Waals surface area contributed by atoms with Crippen molar-refractivity contribution in [1.29, 1.82) is 0 Å². The summed E-state index contributed by atoms with van der Waals surface area (Å²) in [6.45, 7) is 5.58. The summed E-state index contributed by atoms with van der Waals surface area (Å²) in [6, 6.07) is 2.17. The van der Waals surface area contributed by atoms with Crippen molar-refractivity contribution in [1.82, 2.24) is 9.97 Å². The van der Waals surface area contributed by atoms with Gasteiger partial charge in [-0.05, 0) is 25.7 Å². The Hall–Kier alpha value is -1.69. The molecule has 0 amide bonds. The van der Waals surface area contributed by atoms with Gasteiger partial charge < -0.3 is 15.4 Å². The summed E-state index contributed by atoms with van der Waals surface area (Å²) in [4.78, 5) is 22.4. The van der Waals surface area contributed by atoms with Gasteiger partial charge in [0.2, 0.25) is 5.82 Å². The Labute approximate surface area is 125 Å². The number of nitrogens with two attached hydrogens (primary N) is 1. The monoisotopic (exact) mass is 292 g/mol. The third-order valence-electron chi connectivity index (χ3n) is 4.18. The Morgan fingerprint density at radius 2 is 2.29 bits per heavy atom. The van der Waals surface area contributed by atoms with Crippen LogP contribution in [0.3, 0.4) is 0 Å². The van der Waals surface area contributed by atoms with Crippen LogP contribution in [0.15, 0.2) is 6.07 Å². The Kier molecular flexibility index (Phi) is 5.12. The van der Waals surface area contributed by atoms with E-state index >= 15 is 0 Å². The topological polar surface area (TPSA) is 81.3 Å². The van der Waals surface area contributed by atoms with E-state index in [1.807, 2.05) is 13.0 Å². The average Bonchev–Trinajstić information content (AvgIpc) is 2.52. The van der Waals surface area contributed by atoms with E-state index in [1.165, 1.54) is 13.5 Å². The number of aromatic nitrogens is 2. The lowest BCUT2D eigenvalue weighted by molar-refractivity contribution is 0.0586. The molecule has 2 heterocycles. The number of hydrogen-bond acceptors (Lipinski definition) is 6. The first-order chi connectivity index (χ1) is 10.1. The number of esters is 1. The summed E-state index contributed by atoms with van der Waals surface area (Å²) >= 11 is 0. The van der Waals surface area contributed by atoms with Crippen LogP contribution in [0.25, 0.3) is 0 Å². The number of methoxy groups -OCH3 is 1. The molecule has 116 valence electrons. The molecule has 6 heteroatoms. The Morgan fingerprint density at radius 1 is 1.52 bits per heavy atom. The molecule has 1 saturated heterocycles. The average molecular weight is 292 g/mol. The maximum absolute atomic E-state index is 11.7. The molecule has 2 unspecified atom stereocenters. The van der Waals surface area contributed by atoms with E-state index in [0.29, 0.717) is 6.54 Å². The number of hydrogen-bond donors (Lipinski definition) is 1. The van der Waals surface area contributed by atoms with Crippen LogP contribution < -0.4 is 10.6 Å². The van der Waals surface area contributed by atoms with Gasteiger partial charge in [-0.1, -0.05) is 13.3 Å². The number of nitrogens with zero attached hydrogens (tertiary/aromatic N) is 3. The van der Waals surface area contributed by atoms with Gasteiger partial charge >= 0.3 is 5.97 Å². The lowest BCUT2D eigenvalue weighted by Gasteiger charge is -2.39. The molecule has 1 fully saturated rings. The minimum absolute atomic E-state index is 0.112. The molecule has 1 aromatic heterocycles. The van der Waals surface area contributed by atoms with Crippen molar-refractivity contribution in [3.05, 3.63) is 17.6 Å². The second-order valence-electron chi connectivity index (χ2n) is 5.56. The smallest absolute Gasteiger partial charge is 0.376 e. The van der Waals surface area contributed by atoms with Crippen molar-refractivity contribution < 1.29 is 9.53 Å². The van der Waals surface area contributed by atoms with Crippen LogP contribution in [0.2, 0.25) is 0 Å². The van der Waals surface area contributed by atoms with Gasteiger partial charge in [-0.3, -0.25) is 0 Å². The zero-order valence-electron chi connectivity index (χ0n) is 13.0. The van der Waals surface area contributed by atoms with Gasteiger partial charge in [-0.15, -0.1) is 0 Å². The third-order valence-corrected chi connectivity index (χ3v) is 4.18. The fourth-order valence-electron chi connectivity index (χ4n) is 2.91. The molecular weight excluding hydrogens is 268 g/mol. The zero-order chi connectivity index (χ0) is 15.4. The SMILES string of the molecule is CCC1CCN(c2cc(C)nc(C(=O)OC)n2)C(CN)C1. The van der Waals surface area contributed by atoms with Crippen LogP contribution >= 0.6 is 0 Å². The number of ether oxygens (including phenoxy) is 1. The summed E-state index contributed by atoms with van der Waals surface area (Å²) in [5.74, 6) is 1.10. The molecule has 1 aromatic rings. The van der Waals surface area contributed by atoms with Crippen LogP contribution in [0.4, 0.5) is 5.82 Å². The van der Waals surface area contributed by atoms with Gasteiger partial charge in [0.05, 0.1) is 7.11 Å². The third kappa shape index (κ3) is 3.50. The molecule has 0 bridgehead atoms. The first-order valence-corrected chi connectivity index (χ1v) is 7.49. The highest BCUT2D eigenvalue weighted by Gasteiger charge is 2.28. The van der Waals surface area contributed by atoms with Gasteiger partial charge in [0.1, 0.15) is 5.82 Å². The number of anilines is 1. The molecule has 1 aliphatic heterocycles. The van der Waals surface area contributed by atoms with E-state index in [1.54, 1.807) is 0 Å². The molecule has 2 rings (SSSR count). The minimum Gasteiger partial charge on any atom is -0.463 e. The Balaban J connectivity index is 2.28. The molecule has 0 aliphatic carbocycles. The Morgan fingerprint density at radius 3 is 2.90 bits per heavy atom. The maximum atomic E-state index is 11.7. The highest BCUT2D eigenvalue weighted by Crippen LogP contribution is 2.28. The number of carbonyl (C=O) groups is 1. The fraction of sp³-hybridized carbons (Fsp3) is 0.667. The number of rotatable bonds is 4. The van der Waals surface area contributed by atoms with Crippen LogP contribution in [0.1, 0.15) is 42.5 Å². The normalized spacial score (nSPS) is 22.2. The highest BCUT2D eigenvalue weighted by molar-refractivity contribution is 5.85. The van der Waals surface area contributed by atoms with Crippen LogP contribution in [0, 0.1) is 12.8 Å². The quantitative estimate of drug-likeness (QED) is 0.847. The molecule has 0 saturated carbocycles. The summed E-state index contributed by atoms with van der Waals surface area (Å²) in [7, 11) is 1.34. The molecule has 0 spiro atoms. The minimum atomic E-state index is -0.507. The van der Waals surface area contributed by atoms with Crippen LogP contribution in [-0.2, 0) is 4.74 Å². The van der Waals surface area contributed by atoms with E-state index in [2.05, 4.69) is 21.8 Å². The van der Waals surface area contributed by atoms with Crippen LogP contribution in [0.5, 0.6) is 0 Å². The summed E-state index contributed by atoms with van der Waals surface area (Å²) in [5, 5.41) is 0. The molecular formula is C15H24N4O2. The maximum Gasteiger partial charge on any atom is 0.376 e. The van der Waals surface area contributed by atoms with Crippen molar-refractivity contribution in [2.24, 2.45) is 11.7 Å². The van der Waals surface area contributed by atoms with E-state index in [9.17, 15) is 4.79 Å². The predicted octanol–water partition coefficient (Wildman–Crippen LogP) is 1.53. The number of aryl methyl sites for hydroxylation is 1. The molecule has 2 atom stereocenters. The first-order valence-electron chi connectivity index (χ1n) is 7.49. The molecule has 0 aromatic carbocycles. The van der Waals surface area contributed by atoms with E-state index in [-0.39, 0.29) is 11.9 Å². The van der Waals surface area contributed by atoms with Crippen molar-refractivity contribution >= 4 is 11.8 Å². The van der Waals surface area contributed by atoms with E-state index < -0.39 is 5.97 Å². The van der Waals surface area contributed by atoms with Crippen molar-refractivity contribution in [2.45, 2.75) is 39.2 Å². The van der Waals surface area contributed by atoms with Gasteiger partial charge in [-0.25, -0.2) is 14.8 Å². The number of piperidine rings is 1. The largest absolute Gasteiger partial charge is 0.463 e. The summed E-state index contributed by atoms with van der Waals surface area (Å²) in [5.41, 5.74) is 6.69. The zero-order valence-corrected chi connectivity index (χ0v) is 13.0.